The Kier molecular flexibility index (Phi) is 5.48. The fourth-order valence-corrected chi connectivity index (χ4v) is 4.19. The van der Waals surface area contributed by atoms with Gasteiger partial charge in [-0.15, -0.1) is 0 Å². The van der Waals surface area contributed by atoms with E-state index in [1.807, 2.05) is 13.0 Å². The molecular weight excluding hydrogens is 302 g/mol. The van der Waals surface area contributed by atoms with Crippen molar-refractivity contribution in [2.45, 2.75) is 64.9 Å². The van der Waals surface area contributed by atoms with Crippen LogP contribution < -0.4 is 4.74 Å². The molecule has 2 unspecified atom stereocenters. The summed E-state index contributed by atoms with van der Waals surface area (Å²) in [5, 5.41) is 10.3. The Morgan fingerprint density at radius 2 is 1.96 bits per heavy atom. The molecule has 1 N–H and O–H groups in total. The molecule has 4 heteroatoms. The fraction of sp³-hybridized carbons (Fsp3) is 0.700. The number of rotatable bonds is 6. The number of hydrogen-bond donors (Lipinski definition) is 1. The van der Waals surface area contributed by atoms with E-state index in [4.69, 9.17) is 9.47 Å². The molecule has 1 saturated heterocycles. The van der Waals surface area contributed by atoms with Crippen LogP contribution in [0.1, 0.15) is 45.6 Å². The third kappa shape index (κ3) is 3.46. The number of benzene rings is 1. The molecule has 1 aromatic carbocycles. The number of hydrogen-bond acceptors (Lipinski definition) is 4. The molecule has 0 aromatic heterocycles. The number of ether oxygens (including phenoxy) is 2. The summed E-state index contributed by atoms with van der Waals surface area (Å²) in [7, 11) is 0. The lowest BCUT2D eigenvalue weighted by Crippen LogP contribution is -2.62. The zero-order chi connectivity index (χ0) is 17.2. The number of aliphatic hydroxyl groups is 1. The zero-order valence-electron chi connectivity index (χ0n) is 15.2. The maximum atomic E-state index is 10.3. The summed E-state index contributed by atoms with van der Waals surface area (Å²) >= 11 is 0. The molecule has 4 nitrogen and oxygen atoms in total. The first-order valence-electron chi connectivity index (χ1n) is 9.31. The van der Waals surface area contributed by atoms with Gasteiger partial charge in [0.05, 0.1) is 18.3 Å². The van der Waals surface area contributed by atoms with Gasteiger partial charge < -0.3 is 14.6 Å². The average molecular weight is 333 g/mol. The van der Waals surface area contributed by atoms with Gasteiger partial charge in [-0.3, -0.25) is 4.90 Å². The molecule has 3 rings (SSSR count). The van der Waals surface area contributed by atoms with Gasteiger partial charge in [-0.2, -0.15) is 0 Å². The predicted molar refractivity (Wildman–Crippen MR) is 95.2 cm³/mol. The van der Waals surface area contributed by atoms with Crippen molar-refractivity contribution < 1.29 is 14.6 Å². The van der Waals surface area contributed by atoms with Gasteiger partial charge in [-0.05, 0) is 52.8 Å². The van der Waals surface area contributed by atoms with E-state index in [0.29, 0.717) is 0 Å². The Labute approximate surface area is 145 Å². The summed E-state index contributed by atoms with van der Waals surface area (Å²) in [6.07, 6.45) is 3.09. The highest BCUT2D eigenvalue weighted by Crippen LogP contribution is 2.51. The van der Waals surface area contributed by atoms with E-state index in [2.05, 4.69) is 36.9 Å². The van der Waals surface area contributed by atoms with Gasteiger partial charge in [0, 0.05) is 30.6 Å². The lowest BCUT2D eigenvalue weighted by Gasteiger charge is -2.56. The summed E-state index contributed by atoms with van der Waals surface area (Å²) < 4.78 is 11.8. The SMILES string of the molecule is CCOC1CC(O)C12CCN(Cc1ccccc1OC(C)C)CC2. The van der Waals surface area contributed by atoms with E-state index in [1.165, 1.54) is 5.56 Å². The van der Waals surface area contributed by atoms with Crippen LogP contribution in [0.4, 0.5) is 0 Å². The molecule has 1 saturated carbocycles. The van der Waals surface area contributed by atoms with Gasteiger partial charge in [0.2, 0.25) is 0 Å². The van der Waals surface area contributed by atoms with Crippen molar-refractivity contribution in [1.29, 1.82) is 0 Å². The molecule has 0 bridgehead atoms. The maximum Gasteiger partial charge on any atom is 0.124 e. The second kappa shape index (κ2) is 7.42. The second-order valence-electron chi connectivity index (χ2n) is 7.48. The van der Waals surface area contributed by atoms with Gasteiger partial charge in [-0.25, -0.2) is 0 Å². The van der Waals surface area contributed by atoms with E-state index < -0.39 is 0 Å². The van der Waals surface area contributed by atoms with E-state index in [9.17, 15) is 5.11 Å². The molecule has 2 atom stereocenters. The van der Waals surface area contributed by atoms with Crippen molar-refractivity contribution in [2.75, 3.05) is 19.7 Å². The van der Waals surface area contributed by atoms with Crippen LogP contribution in [-0.4, -0.2) is 48.0 Å². The summed E-state index contributed by atoms with van der Waals surface area (Å²) in [5.41, 5.74) is 1.25. The van der Waals surface area contributed by atoms with Crippen LogP contribution in [0.2, 0.25) is 0 Å². The molecule has 0 radical (unpaired) electrons. The van der Waals surface area contributed by atoms with Crippen molar-refractivity contribution in [1.82, 2.24) is 4.90 Å². The first-order chi connectivity index (χ1) is 11.5. The Morgan fingerprint density at radius 1 is 1.25 bits per heavy atom. The monoisotopic (exact) mass is 333 g/mol. The molecule has 1 aliphatic carbocycles. The highest BCUT2D eigenvalue weighted by molar-refractivity contribution is 5.33. The standard InChI is InChI=1S/C20H31NO3/c1-4-23-19-13-18(22)20(19)9-11-21(12-10-20)14-16-7-5-6-8-17(16)24-15(2)3/h5-8,15,18-19,22H,4,9-14H2,1-3H3. The quantitative estimate of drug-likeness (QED) is 0.868. The highest BCUT2D eigenvalue weighted by atomic mass is 16.5. The fourth-order valence-electron chi connectivity index (χ4n) is 4.19. The molecule has 24 heavy (non-hydrogen) atoms. The van der Waals surface area contributed by atoms with Crippen molar-refractivity contribution in [2.24, 2.45) is 5.41 Å². The molecule has 2 fully saturated rings. The normalized spacial score (nSPS) is 26.5. The van der Waals surface area contributed by atoms with E-state index in [1.54, 1.807) is 0 Å². The molecule has 1 heterocycles. The van der Waals surface area contributed by atoms with E-state index in [0.717, 1.165) is 51.3 Å². The molecule has 1 spiro atoms. The van der Waals surface area contributed by atoms with Crippen LogP contribution >= 0.6 is 0 Å². The zero-order valence-corrected chi connectivity index (χ0v) is 15.2. The van der Waals surface area contributed by atoms with Crippen LogP contribution in [0, 0.1) is 5.41 Å². The van der Waals surface area contributed by atoms with Crippen LogP contribution in [0.3, 0.4) is 0 Å². The van der Waals surface area contributed by atoms with Crippen LogP contribution in [0.5, 0.6) is 5.75 Å². The summed E-state index contributed by atoms with van der Waals surface area (Å²) in [4.78, 5) is 2.47. The van der Waals surface area contributed by atoms with E-state index >= 15 is 0 Å². The molecule has 2 aliphatic rings. The Hall–Kier alpha value is -1.10. The minimum Gasteiger partial charge on any atom is -0.491 e. The molecule has 1 aliphatic heterocycles. The average Bonchev–Trinajstić information content (AvgIpc) is 2.57. The van der Waals surface area contributed by atoms with Gasteiger partial charge in [0.25, 0.3) is 0 Å². The molecule has 1 aromatic rings. The van der Waals surface area contributed by atoms with Gasteiger partial charge in [-0.1, -0.05) is 18.2 Å². The van der Waals surface area contributed by atoms with Gasteiger partial charge in [0.15, 0.2) is 0 Å². The first-order valence-corrected chi connectivity index (χ1v) is 9.31. The summed E-state index contributed by atoms with van der Waals surface area (Å²) in [6, 6.07) is 8.32. The number of aliphatic hydroxyl groups excluding tert-OH is 1. The minimum atomic E-state index is -0.187. The third-order valence-electron chi connectivity index (χ3n) is 5.63. The molecular formula is C20H31NO3. The Balaban J connectivity index is 1.60. The molecule has 134 valence electrons. The largest absolute Gasteiger partial charge is 0.491 e. The van der Waals surface area contributed by atoms with Crippen molar-refractivity contribution in [3.05, 3.63) is 29.8 Å². The Bertz CT molecular complexity index is 535. The number of likely N-dealkylation sites (tertiary alicyclic amines) is 1. The Morgan fingerprint density at radius 3 is 2.58 bits per heavy atom. The second-order valence-corrected chi connectivity index (χ2v) is 7.48. The smallest absolute Gasteiger partial charge is 0.124 e. The van der Waals surface area contributed by atoms with E-state index in [-0.39, 0.29) is 23.7 Å². The summed E-state index contributed by atoms with van der Waals surface area (Å²) in [5.74, 6) is 0.989. The number of para-hydroxylation sites is 1. The highest BCUT2D eigenvalue weighted by Gasteiger charge is 2.55. The van der Waals surface area contributed by atoms with Crippen LogP contribution in [0.15, 0.2) is 24.3 Å². The first kappa shape index (κ1) is 17.7. The topological polar surface area (TPSA) is 41.9 Å². The third-order valence-corrected chi connectivity index (χ3v) is 5.63. The number of nitrogens with zero attached hydrogens (tertiary/aromatic N) is 1. The van der Waals surface area contributed by atoms with Gasteiger partial charge in [0.1, 0.15) is 5.75 Å². The number of piperidine rings is 1. The van der Waals surface area contributed by atoms with Crippen molar-refractivity contribution in [3.63, 3.8) is 0 Å². The lowest BCUT2D eigenvalue weighted by atomic mass is 9.58. The minimum absolute atomic E-state index is 0.000457. The maximum absolute atomic E-state index is 10.3. The van der Waals surface area contributed by atoms with Gasteiger partial charge >= 0.3 is 0 Å². The lowest BCUT2D eigenvalue weighted by molar-refractivity contribution is -0.209. The molecule has 0 amide bonds. The van der Waals surface area contributed by atoms with Crippen molar-refractivity contribution in [3.8, 4) is 5.75 Å². The van der Waals surface area contributed by atoms with Crippen LogP contribution in [-0.2, 0) is 11.3 Å². The van der Waals surface area contributed by atoms with Crippen molar-refractivity contribution >= 4 is 0 Å². The predicted octanol–water partition coefficient (Wildman–Crippen LogP) is 3.23. The van der Waals surface area contributed by atoms with Crippen LogP contribution in [0.25, 0.3) is 0 Å². The summed E-state index contributed by atoms with van der Waals surface area (Å²) in [6.45, 7) is 9.84.